The van der Waals surface area contributed by atoms with Crippen molar-refractivity contribution < 1.29 is 4.74 Å². The molecule has 0 aliphatic rings. The van der Waals surface area contributed by atoms with Crippen molar-refractivity contribution in [1.82, 2.24) is 15.3 Å². The highest BCUT2D eigenvalue weighted by atomic mass is 16.5. The van der Waals surface area contributed by atoms with Gasteiger partial charge in [-0.1, -0.05) is 13.0 Å². The Morgan fingerprint density at radius 3 is 2.57 bits per heavy atom. The fourth-order valence-corrected chi connectivity index (χ4v) is 2.31. The molecule has 0 saturated heterocycles. The van der Waals surface area contributed by atoms with Gasteiger partial charge in [0.25, 0.3) is 0 Å². The largest absolute Gasteiger partial charge is 0.497 e. The summed E-state index contributed by atoms with van der Waals surface area (Å²) in [5.41, 5.74) is 4.27. The molecule has 2 aromatic rings. The predicted molar refractivity (Wildman–Crippen MR) is 84.6 cm³/mol. The number of nitrogens with zero attached hydrogens (tertiary/aromatic N) is 2. The summed E-state index contributed by atoms with van der Waals surface area (Å²) in [4.78, 5) is 8.91. The van der Waals surface area contributed by atoms with E-state index in [2.05, 4.69) is 41.3 Å². The Kier molecular flexibility index (Phi) is 5.28. The number of aromatic nitrogens is 2. The molecular formula is C17H23N3O. The van der Waals surface area contributed by atoms with Gasteiger partial charge in [-0.25, -0.2) is 0 Å². The van der Waals surface area contributed by atoms with E-state index in [9.17, 15) is 0 Å². The van der Waals surface area contributed by atoms with Crippen molar-refractivity contribution in [3.05, 3.63) is 53.1 Å². The van der Waals surface area contributed by atoms with Crippen LogP contribution in [0.15, 0.2) is 30.6 Å². The molecule has 0 aliphatic carbocycles. The molecule has 0 aliphatic heterocycles. The lowest BCUT2D eigenvalue weighted by Gasteiger charge is -2.20. The number of methoxy groups -OCH3 is 1. The first-order valence-corrected chi connectivity index (χ1v) is 7.32. The van der Waals surface area contributed by atoms with E-state index >= 15 is 0 Å². The minimum atomic E-state index is 0.0592. The Morgan fingerprint density at radius 2 is 2.00 bits per heavy atom. The van der Waals surface area contributed by atoms with Crippen LogP contribution in [0.25, 0.3) is 0 Å². The zero-order valence-electron chi connectivity index (χ0n) is 13.2. The lowest BCUT2D eigenvalue weighted by atomic mass is 9.98. The second kappa shape index (κ2) is 7.18. The van der Waals surface area contributed by atoms with Crippen LogP contribution in [0.4, 0.5) is 0 Å². The molecule has 0 amide bonds. The standard InChI is InChI=1S/C17H23N3O/c1-5-8-18-17(16-11-19-13(3)10-20-16)15-7-6-14(21-4)9-12(15)2/h6-7,9-11,17-18H,5,8H2,1-4H3. The SMILES string of the molecule is CCCNC(c1cnc(C)cn1)c1ccc(OC)cc1C. The number of hydrogen-bond acceptors (Lipinski definition) is 4. The van der Waals surface area contributed by atoms with Gasteiger partial charge in [0, 0.05) is 6.20 Å². The van der Waals surface area contributed by atoms with Crippen molar-refractivity contribution in [1.29, 1.82) is 0 Å². The molecule has 4 heteroatoms. The number of benzene rings is 1. The van der Waals surface area contributed by atoms with Crippen LogP contribution in [-0.4, -0.2) is 23.6 Å². The highest BCUT2D eigenvalue weighted by molar-refractivity contribution is 5.39. The first-order chi connectivity index (χ1) is 10.2. The molecule has 0 saturated carbocycles. The molecule has 0 fully saturated rings. The molecule has 0 spiro atoms. The molecule has 21 heavy (non-hydrogen) atoms. The smallest absolute Gasteiger partial charge is 0.119 e. The predicted octanol–water partition coefficient (Wildman–Crippen LogP) is 3.19. The van der Waals surface area contributed by atoms with E-state index in [1.54, 1.807) is 7.11 Å². The Bertz CT molecular complexity index is 581. The van der Waals surface area contributed by atoms with E-state index in [4.69, 9.17) is 4.74 Å². The van der Waals surface area contributed by atoms with E-state index in [0.29, 0.717) is 0 Å². The molecule has 112 valence electrons. The van der Waals surface area contributed by atoms with Crippen LogP contribution in [0.2, 0.25) is 0 Å². The third-order valence-electron chi connectivity index (χ3n) is 3.48. The number of hydrogen-bond donors (Lipinski definition) is 1. The van der Waals surface area contributed by atoms with E-state index < -0.39 is 0 Å². The average molecular weight is 285 g/mol. The lowest BCUT2D eigenvalue weighted by molar-refractivity contribution is 0.414. The van der Waals surface area contributed by atoms with Crippen molar-refractivity contribution in [3.63, 3.8) is 0 Å². The van der Waals surface area contributed by atoms with Gasteiger partial charge >= 0.3 is 0 Å². The van der Waals surface area contributed by atoms with Gasteiger partial charge in [0.05, 0.1) is 30.7 Å². The lowest BCUT2D eigenvalue weighted by Crippen LogP contribution is -2.25. The van der Waals surface area contributed by atoms with Crippen molar-refractivity contribution in [2.75, 3.05) is 13.7 Å². The summed E-state index contributed by atoms with van der Waals surface area (Å²) >= 11 is 0. The molecule has 0 radical (unpaired) electrons. The van der Waals surface area contributed by atoms with Gasteiger partial charge in [0.15, 0.2) is 0 Å². The van der Waals surface area contributed by atoms with Gasteiger partial charge in [-0.3, -0.25) is 9.97 Å². The van der Waals surface area contributed by atoms with Gasteiger partial charge in [-0.2, -0.15) is 0 Å². The van der Waals surface area contributed by atoms with E-state index in [-0.39, 0.29) is 6.04 Å². The molecule has 1 aromatic carbocycles. The van der Waals surface area contributed by atoms with Gasteiger partial charge in [-0.15, -0.1) is 0 Å². The average Bonchev–Trinajstić information content (AvgIpc) is 2.50. The van der Waals surface area contributed by atoms with Crippen LogP contribution in [0, 0.1) is 13.8 Å². The molecular weight excluding hydrogens is 262 g/mol. The maximum Gasteiger partial charge on any atom is 0.119 e. The molecule has 1 atom stereocenters. The first-order valence-electron chi connectivity index (χ1n) is 7.32. The summed E-state index contributed by atoms with van der Waals surface area (Å²) in [6, 6.07) is 6.20. The van der Waals surface area contributed by atoms with Crippen molar-refractivity contribution >= 4 is 0 Å². The monoisotopic (exact) mass is 285 g/mol. The fourth-order valence-electron chi connectivity index (χ4n) is 2.31. The number of ether oxygens (including phenoxy) is 1. The van der Waals surface area contributed by atoms with Crippen molar-refractivity contribution in [2.45, 2.75) is 33.2 Å². The van der Waals surface area contributed by atoms with Crippen LogP contribution in [0.3, 0.4) is 0 Å². The second-order valence-electron chi connectivity index (χ2n) is 5.19. The maximum absolute atomic E-state index is 5.28. The minimum absolute atomic E-state index is 0.0592. The molecule has 1 N–H and O–H groups in total. The van der Waals surface area contributed by atoms with Crippen molar-refractivity contribution in [3.8, 4) is 5.75 Å². The normalized spacial score (nSPS) is 12.2. The maximum atomic E-state index is 5.28. The summed E-state index contributed by atoms with van der Waals surface area (Å²) in [5, 5.41) is 3.56. The van der Waals surface area contributed by atoms with Crippen LogP contribution >= 0.6 is 0 Å². The fraction of sp³-hybridized carbons (Fsp3) is 0.412. The zero-order chi connectivity index (χ0) is 15.2. The summed E-state index contributed by atoms with van der Waals surface area (Å²) in [7, 11) is 1.69. The number of nitrogens with one attached hydrogen (secondary N) is 1. The topological polar surface area (TPSA) is 47.0 Å². The highest BCUT2D eigenvalue weighted by Crippen LogP contribution is 2.26. The molecule has 1 heterocycles. The Balaban J connectivity index is 2.37. The third-order valence-corrected chi connectivity index (χ3v) is 3.48. The van der Waals surface area contributed by atoms with Crippen molar-refractivity contribution in [2.24, 2.45) is 0 Å². The quantitative estimate of drug-likeness (QED) is 0.885. The Hall–Kier alpha value is -1.94. The second-order valence-corrected chi connectivity index (χ2v) is 5.19. The highest BCUT2D eigenvalue weighted by Gasteiger charge is 2.17. The van der Waals surface area contributed by atoms with Crippen LogP contribution in [0.5, 0.6) is 5.75 Å². The zero-order valence-corrected chi connectivity index (χ0v) is 13.2. The van der Waals surface area contributed by atoms with Gasteiger partial charge in [0.1, 0.15) is 5.75 Å². The molecule has 0 bridgehead atoms. The molecule has 1 unspecified atom stereocenters. The third kappa shape index (κ3) is 3.79. The minimum Gasteiger partial charge on any atom is -0.497 e. The summed E-state index contributed by atoms with van der Waals surface area (Å²) in [6.07, 6.45) is 4.74. The summed E-state index contributed by atoms with van der Waals surface area (Å²) in [6.45, 7) is 7.14. The van der Waals surface area contributed by atoms with Crippen LogP contribution in [0.1, 0.15) is 41.9 Å². The van der Waals surface area contributed by atoms with E-state index in [0.717, 1.165) is 30.1 Å². The van der Waals surface area contributed by atoms with E-state index in [1.807, 2.05) is 25.4 Å². The van der Waals surface area contributed by atoms with Gasteiger partial charge < -0.3 is 10.1 Å². The van der Waals surface area contributed by atoms with Crippen LogP contribution in [-0.2, 0) is 0 Å². The Morgan fingerprint density at radius 1 is 1.19 bits per heavy atom. The molecule has 4 nitrogen and oxygen atoms in total. The van der Waals surface area contributed by atoms with Crippen LogP contribution < -0.4 is 10.1 Å². The molecule has 2 rings (SSSR count). The summed E-state index contributed by atoms with van der Waals surface area (Å²) < 4.78 is 5.28. The van der Waals surface area contributed by atoms with Gasteiger partial charge in [0.2, 0.25) is 0 Å². The number of rotatable bonds is 6. The first kappa shape index (κ1) is 15.4. The number of aryl methyl sites for hydroxylation is 2. The molecule has 1 aromatic heterocycles. The van der Waals surface area contributed by atoms with Gasteiger partial charge in [-0.05, 0) is 50.1 Å². The Labute approximate surface area is 126 Å². The van der Waals surface area contributed by atoms with E-state index in [1.165, 1.54) is 11.1 Å². The summed E-state index contributed by atoms with van der Waals surface area (Å²) in [5.74, 6) is 0.875.